The van der Waals surface area contributed by atoms with Gasteiger partial charge in [-0.3, -0.25) is 0 Å². The van der Waals surface area contributed by atoms with Crippen LogP contribution in [0.2, 0.25) is 0 Å². The van der Waals surface area contributed by atoms with Gasteiger partial charge in [-0.15, -0.1) is 0 Å². The van der Waals surface area contributed by atoms with Gasteiger partial charge in [-0.25, -0.2) is 18.0 Å². The number of alkyl halides is 2. The zero-order chi connectivity index (χ0) is 19.0. The van der Waals surface area contributed by atoms with Crippen molar-refractivity contribution in [3.05, 3.63) is 66.3 Å². The molecule has 3 heterocycles. The van der Waals surface area contributed by atoms with Gasteiger partial charge in [0.2, 0.25) is 5.88 Å². The Labute approximate surface area is 149 Å². The van der Waals surface area contributed by atoms with Crippen LogP contribution in [0, 0.1) is 11.6 Å². The number of hydrogen-bond donors (Lipinski definition) is 0. The maximum Gasteiger partial charge on any atom is 0.333 e. The average molecular weight is 377 g/mol. The number of hydrogen-bond acceptors (Lipinski definition) is 4. The van der Waals surface area contributed by atoms with Crippen molar-refractivity contribution >= 4 is 5.65 Å². The topological polar surface area (TPSA) is 57.2 Å². The Hall–Kier alpha value is -3.43. The first kappa shape index (κ1) is 17.0. The predicted octanol–water partition coefficient (Wildman–Crippen LogP) is 3.85. The zero-order valence-electron chi connectivity index (χ0n) is 13.6. The number of fused-ring (bicyclic) bond motifs is 1. The summed E-state index contributed by atoms with van der Waals surface area (Å²) >= 11 is 0. The molecule has 1 aromatic carbocycles. The molecular weight excluding hydrogens is 366 g/mol. The molecule has 0 aliphatic heterocycles. The third-order valence-corrected chi connectivity index (χ3v) is 3.77. The fraction of sp³-hybridized carbons (Fsp3) is 0.118. The van der Waals surface area contributed by atoms with Gasteiger partial charge in [0.1, 0.15) is 18.2 Å². The quantitative estimate of drug-likeness (QED) is 0.496. The lowest BCUT2D eigenvalue weighted by atomic mass is 10.2. The number of nitrogens with zero attached hydrogens (tertiary/aromatic N) is 5. The largest absolute Gasteiger partial charge is 0.473 e. The van der Waals surface area contributed by atoms with Crippen LogP contribution in [0.1, 0.15) is 12.1 Å². The Morgan fingerprint density at radius 1 is 1.04 bits per heavy atom. The van der Waals surface area contributed by atoms with E-state index in [-0.39, 0.29) is 12.5 Å². The summed E-state index contributed by atoms with van der Waals surface area (Å²) in [5.41, 5.74) is 1.58. The molecule has 0 fully saturated rings. The Morgan fingerprint density at radius 2 is 1.81 bits per heavy atom. The van der Waals surface area contributed by atoms with Crippen LogP contribution in [0.25, 0.3) is 16.8 Å². The molecule has 0 radical (unpaired) electrons. The van der Waals surface area contributed by atoms with E-state index in [4.69, 9.17) is 4.74 Å². The van der Waals surface area contributed by atoms with Gasteiger partial charge in [0.15, 0.2) is 5.65 Å². The second kappa shape index (κ2) is 6.71. The maximum atomic E-state index is 13.2. The van der Waals surface area contributed by atoms with Crippen LogP contribution >= 0.6 is 0 Å². The average Bonchev–Trinajstić information content (AvgIpc) is 3.25. The summed E-state index contributed by atoms with van der Waals surface area (Å²) in [7, 11) is 0. The highest BCUT2D eigenvalue weighted by Crippen LogP contribution is 2.25. The second-order valence-electron chi connectivity index (χ2n) is 5.65. The van der Waals surface area contributed by atoms with Crippen molar-refractivity contribution in [2.45, 2.75) is 13.2 Å². The van der Waals surface area contributed by atoms with Gasteiger partial charge in [0.25, 0.3) is 0 Å². The van der Waals surface area contributed by atoms with Crippen molar-refractivity contribution in [2.75, 3.05) is 0 Å². The van der Waals surface area contributed by atoms with Gasteiger partial charge in [-0.05, 0) is 17.7 Å². The molecule has 0 amide bonds. The Morgan fingerprint density at radius 3 is 2.52 bits per heavy atom. The molecule has 27 heavy (non-hydrogen) atoms. The molecule has 0 aliphatic rings. The van der Waals surface area contributed by atoms with Gasteiger partial charge in [-0.2, -0.15) is 24.0 Å². The molecule has 0 spiro atoms. The molecule has 0 saturated heterocycles. The second-order valence-corrected chi connectivity index (χ2v) is 5.65. The van der Waals surface area contributed by atoms with Crippen LogP contribution in [0.4, 0.5) is 17.6 Å². The van der Waals surface area contributed by atoms with Crippen molar-refractivity contribution in [1.82, 2.24) is 24.4 Å². The third-order valence-electron chi connectivity index (χ3n) is 3.77. The third kappa shape index (κ3) is 3.46. The van der Waals surface area contributed by atoms with Crippen LogP contribution in [-0.4, -0.2) is 24.4 Å². The summed E-state index contributed by atoms with van der Waals surface area (Å²) in [6, 6.07) is 4.61. The number of benzene rings is 1. The first-order valence-corrected chi connectivity index (χ1v) is 7.74. The number of ether oxygens (including phenoxy) is 1. The summed E-state index contributed by atoms with van der Waals surface area (Å²) in [6.07, 6.45) is 5.52. The lowest BCUT2D eigenvalue weighted by Crippen LogP contribution is -2.00. The first-order chi connectivity index (χ1) is 13.0. The molecular formula is C17H11F4N5O. The molecule has 0 bridgehead atoms. The fourth-order valence-electron chi connectivity index (χ4n) is 2.57. The SMILES string of the molecule is Fc1cc(F)cc(COc2ccn3ncc(-c4cnn(C(F)F)c4)c3n2)c1. The van der Waals surface area contributed by atoms with E-state index in [0.717, 1.165) is 18.2 Å². The van der Waals surface area contributed by atoms with Gasteiger partial charge < -0.3 is 4.74 Å². The van der Waals surface area contributed by atoms with Crippen LogP contribution in [0.5, 0.6) is 5.88 Å². The van der Waals surface area contributed by atoms with Crippen molar-refractivity contribution in [3.63, 3.8) is 0 Å². The van der Waals surface area contributed by atoms with Crippen molar-refractivity contribution < 1.29 is 22.3 Å². The molecule has 0 unspecified atom stereocenters. The van der Waals surface area contributed by atoms with Crippen molar-refractivity contribution in [3.8, 4) is 17.0 Å². The molecule has 0 atom stereocenters. The summed E-state index contributed by atoms with van der Waals surface area (Å²) in [6.45, 7) is -2.84. The standard InChI is InChI=1S/C17H11F4N5O/c18-12-3-10(4-13(19)5-12)9-27-15-1-2-25-16(24-15)14(7-23-25)11-6-22-26(8-11)17(20)21/h1-8,17H,9H2. The molecule has 3 aromatic heterocycles. The van der Waals surface area contributed by atoms with E-state index in [1.807, 2.05) is 0 Å². The Bertz CT molecular complexity index is 1090. The molecule has 0 N–H and O–H groups in total. The van der Waals surface area contributed by atoms with E-state index in [0.29, 0.717) is 27.0 Å². The lowest BCUT2D eigenvalue weighted by molar-refractivity contribution is 0.0566. The van der Waals surface area contributed by atoms with Gasteiger partial charge in [0, 0.05) is 35.7 Å². The van der Waals surface area contributed by atoms with Gasteiger partial charge in [-0.1, -0.05) is 0 Å². The van der Waals surface area contributed by atoms with E-state index in [1.54, 1.807) is 6.20 Å². The monoisotopic (exact) mass is 377 g/mol. The Kier molecular flexibility index (Phi) is 4.22. The summed E-state index contributed by atoms with van der Waals surface area (Å²) in [5, 5.41) is 7.70. The Balaban J connectivity index is 1.61. The van der Waals surface area contributed by atoms with Gasteiger partial charge >= 0.3 is 6.55 Å². The highest BCUT2D eigenvalue weighted by atomic mass is 19.3. The summed E-state index contributed by atoms with van der Waals surface area (Å²) < 4.78 is 59.4. The number of aromatic nitrogens is 5. The maximum absolute atomic E-state index is 13.2. The molecule has 4 aromatic rings. The zero-order valence-corrected chi connectivity index (χ0v) is 13.6. The minimum Gasteiger partial charge on any atom is -0.473 e. The van der Waals surface area contributed by atoms with Crippen LogP contribution in [0.3, 0.4) is 0 Å². The van der Waals surface area contributed by atoms with E-state index in [2.05, 4.69) is 15.2 Å². The van der Waals surface area contributed by atoms with E-state index in [9.17, 15) is 17.6 Å². The lowest BCUT2D eigenvalue weighted by Gasteiger charge is -2.06. The molecule has 0 aliphatic carbocycles. The molecule has 138 valence electrons. The molecule has 4 rings (SSSR count). The molecule has 10 heteroatoms. The minimum absolute atomic E-state index is 0.0926. The first-order valence-electron chi connectivity index (χ1n) is 7.74. The van der Waals surface area contributed by atoms with Crippen LogP contribution in [-0.2, 0) is 6.61 Å². The van der Waals surface area contributed by atoms with E-state index >= 15 is 0 Å². The minimum atomic E-state index is -2.75. The van der Waals surface area contributed by atoms with Gasteiger partial charge in [0.05, 0.1) is 12.4 Å². The van der Waals surface area contributed by atoms with E-state index < -0.39 is 18.2 Å². The summed E-state index contributed by atoms with van der Waals surface area (Å²) in [4.78, 5) is 4.29. The van der Waals surface area contributed by atoms with E-state index in [1.165, 1.54) is 29.2 Å². The molecule has 0 saturated carbocycles. The summed E-state index contributed by atoms with van der Waals surface area (Å²) in [5.74, 6) is -1.22. The van der Waals surface area contributed by atoms with Crippen molar-refractivity contribution in [2.24, 2.45) is 0 Å². The normalized spacial score (nSPS) is 11.4. The van der Waals surface area contributed by atoms with Crippen LogP contribution < -0.4 is 4.74 Å². The predicted molar refractivity (Wildman–Crippen MR) is 86.2 cm³/mol. The number of halogens is 4. The van der Waals surface area contributed by atoms with Crippen LogP contribution in [0.15, 0.2) is 49.1 Å². The van der Waals surface area contributed by atoms with Crippen molar-refractivity contribution in [1.29, 1.82) is 0 Å². The number of rotatable bonds is 5. The highest BCUT2D eigenvalue weighted by molar-refractivity contribution is 5.76. The highest BCUT2D eigenvalue weighted by Gasteiger charge is 2.14. The fourth-order valence-corrected chi connectivity index (χ4v) is 2.57. The smallest absolute Gasteiger partial charge is 0.333 e. The molecule has 6 nitrogen and oxygen atoms in total.